The van der Waals surface area contributed by atoms with Gasteiger partial charge in [-0.25, -0.2) is 4.72 Å². The van der Waals surface area contributed by atoms with Crippen LogP contribution in [0.2, 0.25) is 10.0 Å². The lowest BCUT2D eigenvalue weighted by atomic mass is 10.2. The maximum Gasteiger partial charge on any atom is 0.323 e. The number of carbonyl (C=O) groups excluding carboxylic acids is 1. The van der Waals surface area contributed by atoms with Crippen LogP contribution in [0.4, 0.5) is 0 Å². The maximum absolute atomic E-state index is 11.8. The van der Waals surface area contributed by atoms with Gasteiger partial charge in [-0.2, -0.15) is 8.42 Å². The summed E-state index contributed by atoms with van der Waals surface area (Å²) in [5.41, 5.74) is 1.47. The van der Waals surface area contributed by atoms with Crippen LogP contribution in [0.15, 0.2) is 60.8 Å². The van der Waals surface area contributed by atoms with Crippen molar-refractivity contribution in [2.24, 2.45) is 0 Å². The first-order chi connectivity index (χ1) is 11.8. The number of carbonyl (C=O) groups is 1. The van der Waals surface area contributed by atoms with Gasteiger partial charge in [0.1, 0.15) is 0 Å². The van der Waals surface area contributed by atoms with Gasteiger partial charge in [0.05, 0.1) is 0 Å². The van der Waals surface area contributed by atoms with Crippen LogP contribution in [0, 0.1) is 0 Å². The highest BCUT2D eigenvalue weighted by Crippen LogP contribution is 2.11. The van der Waals surface area contributed by atoms with E-state index in [9.17, 15) is 13.2 Å². The minimum atomic E-state index is -4.00. The first kappa shape index (κ1) is 19.1. The molecule has 2 N–H and O–H groups in total. The van der Waals surface area contributed by atoms with Crippen LogP contribution in [0.3, 0.4) is 0 Å². The first-order valence-electron chi connectivity index (χ1n) is 7.04. The highest BCUT2D eigenvalue weighted by molar-refractivity contribution is 7.88. The average molecular weight is 397 g/mol. The number of amides is 1. The van der Waals surface area contributed by atoms with E-state index in [0.717, 1.165) is 11.6 Å². The molecule has 2 aromatic rings. The first-order valence-corrected chi connectivity index (χ1v) is 9.28. The van der Waals surface area contributed by atoms with Gasteiger partial charge in [0.15, 0.2) is 0 Å². The number of halogens is 2. The van der Waals surface area contributed by atoms with Gasteiger partial charge < -0.3 is 0 Å². The van der Waals surface area contributed by atoms with Crippen molar-refractivity contribution in [2.75, 3.05) is 0 Å². The second-order valence-electron chi connectivity index (χ2n) is 4.86. The summed E-state index contributed by atoms with van der Waals surface area (Å²) in [7, 11) is -4.00. The zero-order valence-electron chi connectivity index (χ0n) is 12.8. The van der Waals surface area contributed by atoms with E-state index in [1.54, 1.807) is 48.5 Å². The molecule has 0 fully saturated rings. The molecule has 0 saturated heterocycles. The summed E-state index contributed by atoms with van der Waals surface area (Å²) >= 11 is 11.5. The topological polar surface area (TPSA) is 75.3 Å². The van der Waals surface area contributed by atoms with Crippen LogP contribution in [-0.2, 0) is 15.0 Å². The van der Waals surface area contributed by atoms with E-state index in [0.29, 0.717) is 15.6 Å². The fourth-order valence-corrected chi connectivity index (χ4v) is 2.63. The van der Waals surface area contributed by atoms with Crippen molar-refractivity contribution in [3.63, 3.8) is 0 Å². The molecule has 0 aliphatic rings. The second kappa shape index (κ2) is 8.71. The Balaban J connectivity index is 1.90. The van der Waals surface area contributed by atoms with E-state index in [4.69, 9.17) is 23.2 Å². The minimum absolute atomic E-state index is 0.570. The second-order valence-corrected chi connectivity index (χ2v) is 7.18. The third-order valence-corrected chi connectivity index (χ3v) is 4.32. The van der Waals surface area contributed by atoms with Gasteiger partial charge in [-0.1, -0.05) is 47.5 Å². The third kappa shape index (κ3) is 7.01. The zero-order valence-corrected chi connectivity index (χ0v) is 15.1. The largest absolute Gasteiger partial charge is 0.323 e. The predicted octanol–water partition coefficient (Wildman–Crippen LogP) is 3.63. The summed E-state index contributed by atoms with van der Waals surface area (Å²) in [6, 6.07) is 13.5. The number of nitrogens with one attached hydrogen (secondary N) is 2. The van der Waals surface area contributed by atoms with Crippen molar-refractivity contribution in [3.8, 4) is 0 Å². The number of rotatable bonds is 6. The number of hydrogen-bond donors (Lipinski definition) is 2. The standard InChI is InChI=1S/C17H14Cl2N2O3S/c18-15-6-1-13(2-7-15)5-10-17(22)21-25(23,24)20-12-11-14-3-8-16(19)9-4-14/h1-12,20H,(H,21,22). The molecule has 25 heavy (non-hydrogen) atoms. The molecule has 0 aliphatic heterocycles. The molecule has 2 aromatic carbocycles. The molecular weight excluding hydrogens is 383 g/mol. The van der Waals surface area contributed by atoms with E-state index < -0.39 is 16.1 Å². The molecule has 0 bridgehead atoms. The van der Waals surface area contributed by atoms with Gasteiger partial charge in [0, 0.05) is 22.3 Å². The van der Waals surface area contributed by atoms with Crippen LogP contribution >= 0.6 is 23.2 Å². The lowest BCUT2D eigenvalue weighted by molar-refractivity contribution is -0.114. The lowest BCUT2D eigenvalue weighted by Gasteiger charge is -2.03. The monoisotopic (exact) mass is 396 g/mol. The van der Waals surface area contributed by atoms with Crippen LogP contribution in [0.5, 0.6) is 0 Å². The Labute approximate surface area is 156 Å². The minimum Gasteiger partial charge on any atom is -0.273 e. The summed E-state index contributed by atoms with van der Waals surface area (Å²) in [4.78, 5) is 11.7. The van der Waals surface area contributed by atoms with Crippen molar-refractivity contribution in [3.05, 3.63) is 82.0 Å². The molecule has 130 valence electrons. The van der Waals surface area contributed by atoms with Crippen molar-refractivity contribution >= 4 is 51.5 Å². The summed E-state index contributed by atoms with van der Waals surface area (Å²) in [6.07, 6.45) is 5.33. The molecule has 0 radical (unpaired) electrons. The molecular formula is C17H14Cl2N2O3S. The SMILES string of the molecule is O=C(C=Cc1ccc(Cl)cc1)NS(=O)(=O)NC=Cc1ccc(Cl)cc1. The van der Waals surface area contributed by atoms with Gasteiger partial charge in [-0.3, -0.25) is 9.52 Å². The molecule has 8 heteroatoms. The Morgan fingerprint density at radius 2 is 1.32 bits per heavy atom. The third-order valence-electron chi connectivity index (χ3n) is 2.90. The summed E-state index contributed by atoms with van der Waals surface area (Å²) in [5.74, 6) is -0.776. The molecule has 0 spiro atoms. The van der Waals surface area contributed by atoms with Crippen molar-refractivity contribution in [2.45, 2.75) is 0 Å². The van der Waals surface area contributed by atoms with Gasteiger partial charge in [-0.05, 0) is 47.5 Å². The molecule has 0 saturated carbocycles. The van der Waals surface area contributed by atoms with Gasteiger partial charge >= 0.3 is 10.2 Å². The quantitative estimate of drug-likeness (QED) is 0.731. The molecule has 5 nitrogen and oxygen atoms in total. The van der Waals surface area contributed by atoms with Crippen molar-refractivity contribution < 1.29 is 13.2 Å². The molecule has 0 unspecified atom stereocenters. The Morgan fingerprint density at radius 3 is 1.84 bits per heavy atom. The molecule has 2 rings (SSSR count). The average Bonchev–Trinajstić information content (AvgIpc) is 2.55. The van der Waals surface area contributed by atoms with E-state index in [1.165, 1.54) is 18.4 Å². The Hall–Kier alpha value is -2.28. The fourth-order valence-electron chi connectivity index (χ4n) is 1.74. The smallest absolute Gasteiger partial charge is 0.273 e. The van der Waals surface area contributed by atoms with Crippen LogP contribution in [0.1, 0.15) is 11.1 Å². The molecule has 1 amide bonds. The Morgan fingerprint density at radius 1 is 0.840 bits per heavy atom. The number of hydrogen-bond acceptors (Lipinski definition) is 3. The van der Waals surface area contributed by atoms with Gasteiger partial charge in [0.25, 0.3) is 5.91 Å². The highest BCUT2D eigenvalue weighted by Gasteiger charge is 2.09. The molecule has 0 aliphatic carbocycles. The van der Waals surface area contributed by atoms with Crippen LogP contribution in [-0.4, -0.2) is 14.3 Å². The van der Waals surface area contributed by atoms with Crippen LogP contribution < -0.4 is 9.44 Å². The lowest BCUT2D eigenvalue weighted by Crippen LogP contribution is -2.36. The van der Waals surface area contributed by atoms with Gasteiger partial charge in [0.2, 0.25) is 0 Å². The summed E-state index contributed by atoms with van der Waals surface area (Å²) in [5, 5.41) is 1.15. The maximum atomic E-state index is 11.8. The Kier molecular flexibility index (Phi) is 6.64. The van der Waals surface area contributed by atoms with Gasteiger partial charge in [-0.15, -0.1) is 0 Å². The highest BCUT2D eigenvalue weighted by atomic mass is 35.5. The number of benzene rings is 2. The van der Waals surface area contributed by atoms with Crippen LogP contribution in [0.25, 0.3) is 12.2 Å². The molecule has 0 heterocycles. The van der Waals surface area contributed by atoms with E-state index in [1.807, 2.05) is 4.72 Å². The summed E-state index contributed by atoms with van der Waals surface area (Å²) in [6.45, 7) is 0. The van der Waals surface area contributed by atoms with E-state index >= 15 is 0 Å². The normalized spacial score (nSPS) is 11.8. The zero-order chi connectivity index (χ0) is 18.3. The summed E-state index contributed by atoms with van der Waals surface area (Å²) < 4.78 is 27.6. The fraction of sp³-hybridized carbons (Fsp3) is 0. The molecule has 0 aromatic heterocycles. The van der Waals surface area contributed by atoms with Crippen molar-refractivity contribution in [1.29, 1.82) is 0 Å². The predicted molar refractivity (Wildman–Crippen MR) is 101 cm³/mol. The Bertz CT molecular complexity index is 890. The van der Waals surface area contributed by atoms with Crippen molar-refractivity contribution in [1.82, 2.24) is 9.44 Å². The van der Waals surface area contributed by atoms with E-state index in [2.05, 4.69) is 4.72 Å². The van der Waals surface area contributed by atoms with E-state index in [-0.39, 0.29) is 0 Å². The molecule has 0 atom stereocenters.